The van der Waals surface area contributed by atoms with E-state index in [1.807, 2.05) is 18.2 Å². The zero-order chi connectivity index (χ0) is 17.3. The molecule has 0 aliphatic rings. The second kappa shape index (κ2) is 8.93. The Kier molecular flexibility index (Phi) is 6.62. The molecule has 0 atom stereocenters. The molecule has 128 valence electrons. The molecule has 2 aromatic carbocycles. The summed E-state index contributed by atoms with van der Waals surface area (Å²) in [4.78, 5) is 11.7. The van der Waals surface area contributed by atoms with Gasteiger partial charge in [0.15, 0.2) is 0 Å². The van der Waals surface area contributed by atoms with Crippen molar-refractivity contribution in [2.24, 2.45) is 0 Å². The molecule has 0 aliphatic heterocycles. The highest BCUT2D eigenvalue weighted by molar-refractivity contribution is 7.92. The van der Waals surface area contributed by atoms with E-state index in [0.29, 0.717) is 11.4 Å². The Hall–Kier alpha value is -2.54. The summed E-state index contributed by atoms with van der Waals surface area (Å²) < 4.78 is 31.7. The van der Waals surface area contributed by atoms with E-state index in [2.05, 4.69) is 10.0 Å². The summed E-state index contributed by atoms with van der Waals surface area (Å²) in [7, 11) is -3.49. The van der Waals surface area contributed by atoms with Crippen molar-refractivity contribution in [1.29, 1.82) is 0 Å². The lowest BCUT2D eigenvalue weighted by Gasteiger charge is -2.09. The van der Waals surface area contributed by atoms with Crippen LogP contribution in [0.1, 0.15) is 6.42 Å². The molecule has 0 spiro atoms. The van der Waals surface area contributed by atoms with Crippen LogP contribution in [0, 0.1) is 0 Å². The fraction of sp³-hybridized carbons (Fsp3) is 0.235. The standard InChI is InChI=1S/C17H20N2O4S/c20-17(11-13-23-16-9-5-2-6-10-16)18-12-14-24(21,22)19-15-7-3-1-4-8-15/h1-10,19H,11-14H2,(H,18,20). The van der Waals surface area contributed by atoms with Crippen LogP contribution in [0.4, 0.5) is 5.69 Å². The number of hydrogen-bond donors (Lipinski definition) is 2. The predicted molar refractivity (Wildman–Crippen MR) is 93.4 cm³/mol. The first kappa shape index (κ1) is 17.8. The number of nitrogens with one attached hydrogen (secondary N) is 2. The number of rotatable bonds is 9. The van der Waals surface area contributed by atoms with Crippen molar-refractivity contribution in [2.75, 3.05) is 23.6 Å². The number of para-hydroxylation sites is 2. The van der Waals surface area contributed by atoms with Gasteiger partial charge in [-0.25, -0.2) is 8.42 Å². The quantitative estimate of drug-likeness (QED) is 0.726. The van der Waals surface area contributed by atoms with E-state index in [1.54, 1.807) is 42.5 Å². The summed E-state index contributed by atoms with van der Waals surface area (Å²) in [6, 6.07) is 17.8. The van der Waals surface area contributed by atoms with E-state index in [0.717, 1.165) is 0 Å². The van der Waals surface area contributed by atoms with Crippen LogP contribution in [0.25, 0.3) is 0 Å². The number of hydrogen-bond acceptors (Lipinski definition) is 4. The average Bonchev–Trinajstić information content (AvgIpc) is 2.56. The Morgan fingerprint density at radius 1 is 0.958 bits per heavy atom. The fourth-order valence-corrected chi connectivity index (χ4v) is 2.90. The number of sulfonamides is 1. The van der Waals surface area contributed by atoms with Gasteiger partial charge in [-0.05, 0) is 24.3 Å². The van der Waals surface area contributed by atoms with E-state index >= 15 is 0 Å². The highest BCUT2D eigenvalue weighted by Crippen LogP contribution is 2.08. The van der Waals surface area contributed by atoms with Gasteiger partial charge in [-0.1, -0.05) is 36.4 Å². The molecule has 0 saturated heterocycles. The fourth-order valence-electron chi connectivity index (χ4n) is 1.93. The number of carbonyl (C=O) groups is 1. The topological polar surface area (TPSA) is 84.5 Å². The maximum atomic E-state index is 11.9. The third-order valence-electron chi connectivity index (χ3n) is 3.08. The van der Waals surface area contributed by atoms with Crippen LogP contribution in [0.5, 0.6) is 5.75 Å². The van der Waals surface area contributed by atoms with Gasteiger partial charge in [0.05, 0.1) is 18.8 Å². The molecule has 0 unspecified atom stereocenters. The maximum absolute atomic E-state index is 11.9. The summed E-state index contributed by atoms with van der Waals surface area (Å²) >= 11 is 0. The van der Waals surface area contributed by atoms with Crippen molar-refractivity contribution in [2.45, 2.75) is 6.42 Å². The SMILES string of the molecule is O=C(CCOc1ccccc1)NCCS(=O)(=O)Nc1ccccc1. The highest BCUT2D eigenvalue weighted by Gasteiger charge is 2.11. The molecule has 2 aromatic rings. The number of anilines is 1. The van der Waals surface area contributed by atoms with Crippen LogP contribution in [-0.4, -0.2) is 33.2 Å². The first-order chi connectivity index (χ1) is 11.6. The summed E-state index contributed by atoms with van der Waals surface area (Å²) in [5, 5.41) is 2.57. The van der Waals surface area contributed by atoms with Crippen LogP contribution in [0.3, 0.4) is 0 Å². The average molecular weight is 348 g/mol. The first-order valence-corrected chi connectivity index (χ1v) is 9.20. The van der Waals surface area contributed by atoms with Crippen LogP contribution < -0.4 is 14.8 Å². The van der Waals surface area contributed by atoms with Gasteiger partial charge in [0, 0.05) is 12.2 Å². The van der Waals surface area contributed by atoms with Gasteiger partial charge in [0.25, 0.3) is 0 Å². The van der Waals surface area contributed by atoms with Crippen LogP contribution in [-0.2, 0) is 14.8 Å². The van der Waals surface area contributed by atoms with Gasteiger partial charge in [0.1, 0.15) is 5.75 Å². The molecule has 2 N–H and O–H groups in total. The Labute approximate surface area is 141 Å². The zero-order valence-corrected chi connectivity index (χ0v) is 14.0. The van der Waals surface area contributed by atoms with Gasteiger partial charge in [-0.3, -0.25) is 9.52 Å². The second-order valence-corrected chi connectivity index (χ2v) is 6.89. The molecule has 1 amide bonds. The summed E-state index contributed by atoms with van der Waals surface area (Å²) in [6.45, 7) is 0.289. The summed E-state index contributed by atoms with van der Waals surface area (Å²) in [5.41, 5.74) is 0.500. The van der Waals surface area contributed by atoms with Crippen molar-refractivity contribution < 1.29 is 17.9 Å². The van der Waals surface area contributed by atoms with E-state index < -0.39 is 10.0 Å². The molecule has 2 rings (SSSR count). The van der Waals surface area contributed by atoms with Crippen LogP contribution >= 0.6 is 0 Å². The number of amides is 1. The van der Waals surface area contributed by atoms with Gasteiger partial charge in [-0.15, -0.1) is 0 Å². The molecular weight excluding hydrogens is 328 g/mol. The predicted octanol–water partition coefficient (Wildman–Crippen LogP) is 2.01. The Balaban J connectivity index is 1.64. The third kappa shape index (κ3) is 6.70. The molecule has 0 aliphatic carbocycles. The van der Waals surface area contributed by atoms with Gasteiger partial charge in [-0.2, -0.15) is 0 Å². The molecule has 0 fully saturated rings. The van der Waals surface area contributed by atoms with Crippen molar-refractivity contribution in [3.63, 3.8) is 0 Å². The first-order valence-electron chi connectivity index (χ1n) is 7.55. The van der Waals surface area contributed by atoms with Gasteiger partial charge < -0.3 is 10.1 Å². The molecule has 0 radical (unpaired) electrons. The number of ether oxygens (including phenoxy) is 1. The molecule has 6 nitrogen and oxygen atoms in total. The van der Waals surface area contributed by atoms with E-state index in [-0.39, 0.29) is 31.2 Å². The van der Waals surface area contributed by atoms with Crippen molar-refractivity contribution in [1.82, 2.24) is 5.32 Å². The molecule has 0 aromatic heterocycles. The molecular formula is C17H20N2O4S. The van der Waals surface area contributed by atoms with E-state index in [1.165, 1.54) is 0 Å². The molecule has 0 bridgehead atoms. The minimum atomic E-state index is -3.49. The van der Waals surface area contributed by atoms with Gasteiger partial charge in [0.2, 0.25) is 15.9 Å². The van der Waals surface area contributed by atoms with E-state index in [4.69, 9.17) is 4.74 Å². The molecule has 24 heavy (non-hydrogen) atoms. The molecule has 7 heteroatoms. The maximum Gasteiger partial charge on any atom is 0.234 e. The lowest BCUT2D eigenvalue weighted by Crippen LogP contribution is -2.31. The van der Waals surface area contributed by atoms with Crippen molar-refractivity contribution in [3.05, 3.63) is 60.7 Å². The minimum absolute atomic E-state index is 0.0480. The Morgan fingerprint density at radius 2 is 1.58 bits per heavy atom. The third-order valence-corrected chi connectivity index (χ3v) is 4.37. The number of carbonyl (C=O) groups excluding carboxylic acids is 1. The smallest absolute Gasteiger partial charge is 0.234 e. The molecule has 0 heterocycles. The summed E-state index contributed by atoms with van der Waals surface area (Å²) in [6.07, 6.45) is 0.168. The van der Waals surface area contributed by atoms with Crippen molar-refractivity contribution in [3.8, 4) is 5.75 Å². The normalized spacial score (nSPS) is 10.8. The Bertz CT molecular complexity index is 734. The van der Waals surface area contributed by atoms with Crippen LogP contribution in [0.2, 0.25) is 0 Å². The monoisotopic (exact) mass is 348 g/mol. The number of benzene rings is 2. The minimum Gasteiger partial charge on any atom is -0.493 e. The lowest BCUT2D eigenvalue weighted by atomic mass is 10.3. The molecule has 0 saturated carbocycles. The van der Waals surface area contributed by atoms with Gasteiger partial charge >= 0.3 is 0 Å². The van der Waals surface area contributed by atoms with E-state index in [9.17, 15) is 13.2 Å². The second-order valence-electron chi connectivity index (χ2n) is 5.05. The summed E-state index contributed by atoms with van der Waals surface area (Å²) in [5.74, 6) is 0.258. The van der Waals surface area contributed by atoms with Crippen molar-refractivity contribution >= 4 is 21.6 Å². The zero-order valence-electron chi connectivity index (χ0n) is 13.1. The lowest BCUT2D eigenvalue weighted by molar-refractivity contribution is -0.121. The highest BCUT2D eigenvalue weighted by atomic mass is 32.2. The van der Waals surface area contributed by atoms with Crippen LogP contribution in [0.15, 0.2) is 60.7 Å². The Morgan fingerprint density at radius 3 is 2.25 bits per heavy atom. The largest absolute Gasteiger partial charge is 0.493 e.